The molecule has 108 valence electrons. The molecule has 0 fully saturated rings. The van der Waals surface area contributed by atoms with E-state index in [1.807, 2.05) is 0 Å². The zero-order chi connectivity index (χ0) is 15.3. The Morgan fingerprint density at radius 1 is 1.55 bits per heavy atom. The molecule has 0 saturated carbocycles. The highest BCUT2D eigenvalue weighted by atomic mass is 19.1. The van der Waals surface area contributed by atoms with Crippen LogP contribution in [-0.4, -0.2) is 27.8 Å². The SMILES string of the molecule is Cc1c(C(O)C(O)CCN=[N+]=[N-])cc(F)cc1[N+](=O)[O-]. The third-order valence-electron chi connectivity index (χ3n) is 2.85. The van der Waals surface area contributed by atoms with E-state index in [4.69, 9.17) is 5.53 Å². The molecule has 0 aliphatic rings. The summed E-state index contributed by atoms with van der Waals surface area (Å²) in [6, 6.07) is 1.68. The summed E-state index contributed by atoms with van der Waals surface area (Å²) in [4.78, 5) is 12.5. The Kier molecular flexibility index (Phi) is 5.39. The maximum absolute atomic E-state index is 13.3. The van der Waals surface area contributed by atoms with E-state index in [-0.39, 0.29) is 24.1 Å². The average molecular weight is 284 g/mol. The quantitative estimate of drug-likeness (QED) is 0.272. The van der Waals surface area contributed by atoms with Gasteiger partial charge in [0.15, 0.2) is 0 Å². The van der Waals surface area contributed by atoms with E-state index in [0.29, 0.717) is 0 Å². The van der Waals surface area contributed by atoms with Crippen molar-refractivity contribution < 1.29 is 19.5 Å². The van der Waals surface area contributed by atoms with Crippen LogP contribution in [0.25, 0.3) is 10.4 Å². The Morgan fingerprint density at radius 3 is 2.75 bits per heavy atom. The summed E-state index contributed by atoms with van der Waals surface area (Å²) < 4.78 is 13.3. The molecule has 0 aliphatic heterocycles. The predicted octanol–water partition coefficient (Wildman–Crippen LogP) is 2.14. The Morgan fingerprint density at radius 2 is 2.20 bits per heavy atom. The van der Waals surface area contributed by atoms with Crippen molar-refractivity contribution in [2.75, 3.05) is 6.54 Å². The molecule has 9 heteroatoms. The summed E-state index contributed by atoms with van der Waals surface area (Å²) in [5.41, 5.74) is 7.64. The third-order valence-corrected chi connectivity index (χ3v) is 2.85. The molecule has 0 spiro atoms. The number of nitro groups is 1. The number of aliphatic hydroxyl groups excluding tert-OH is 2. The van der Waals surface area contributed by atoms with Gasteiger partial charge in [0.1, 0.15) is 11.9 Å². The second kappa shape index (κ2) is 6.80. The number of aliphatic hydroxyl groups is 2. The lowest BCUT2D eigenvalue weighted by Crippen LogP contribution is -2.20. The van der Waals surface area contributed by atoms with Crippen LogP contribution < -0.4 is 0 Å². The van der Waals surface area contributed by atoms with Crippen molar-refractivity contribution in [3.05, 3.63) is 49.6 Å². The minimum Gasteiger partial charge on any atom is -0.390 e. The minimum atomic E-state index is -1.50. The van der Waals surface area contributed by atoms with Gasteiger partial charge in [-0.15, -0.1) is 0 Å². The molecule has 2 atom stereocenters. The van der Waals surface area contributed by atoms with Crippen LogP contribution in [0.1, 0.15) is 23.7 Å². The Hall–Kier alpha value is -2.22. The van der Waals surface area contributed by atoms with E-state index in [2.05, 4.69) is 10.0 Å². The maximum atomic E-state index is 13.3. The molecule has 1 aromatic carbocycles. The smallest absolute Gasteiger partial charge is 0.275 e. The fourth-order valence-electron chi connectivity index (χ4n) is 1.78. The minimum absolute atomic E-state index is 0.0466. The van der Waals surface area contributed by atoms with Crippen molar-refractivity contribution in [2.24, 2.45) is 5.11 Å². The van der Waals surface area contributed by atoms with Gasteiger partial charge in [0.2, 0.25) is 0 Å². The molecule has 0 amide bonds. The summed E-state index contributed by atoms with van der Waals surface area (Å²) in [5, 5.41) is 33.6. The largest absolute Gasteiger partial charge is 0.390 e. The highest BCUT2D eigenvalue weighted by molar-refractivity contribution is 5.46. The van der Waals surface area contributed by atoms with Crippen LogP contribution in [-0.2, 0) is 0 Å². The topological polar surface area (TPSA) is 132 Å². The number of nitrogens with zero attached hydrogens (tertiary/aromatic N) is 4. The molecule has 20 heavy (non-hydrogen) atoms. The summed E-state index contributed by atoms with van der Waals surface area (Å²) in [6.45, 7) is 1.31. The van der Waals surface area contributed by atoms with Gasteiger partial charge >= 0.3 is 0 Å². The second-order valence-corrected chi connectivity index (χ2v) is 4.15. The zero-order valence-corrected chi connectivity index (χ0v) is 10.6. The molecule has 0 heterocycles. The summed E-state index contributed by atoms with van der Waals surface area (Å²) in [6.07, 6.45) is -2.87. The summed E-state index contributed by atoms with van der Waals surface area (Å²) in [5.74, 6) is -0.876. The predicted molar refractivity (Wildman–Crippen MR) is 67.4 cm³/mol. The van der Waals surface area contributed by atoms with Gasteiger partial charge in [-0.2, -0.15) is 0 Å². The molecule has 0 bridgehead atoms. The number of nitro benzene ring substituents is 1. The van der Waals surface area contributed by atoms with Gasteiger partial charge in [-0.1, -0.05) is 5.11 Å². The van der Waals surface area contributed by atoms with Crippen LogP contribution in [0.5, 0.6) is 0 Å². The zero-order valence-electron chi connectivity index (χ0n) is 10.6. The monoisotopic (exact) mass is 284 g/mol. The molecule has 2 unspecified atom stereocenters. The van der Waals surface area contributed by atoms with Crippen molar-refractivity contribution in [1.29, 1.82) is 0 Å². The standard InChI is InChI=1S/C11H13FN4O4/c1-6-8(4-7(12)5-9(6)16(19)20)11(18)10(17)2-3-14-15-13/h4-5,10-11,17-18H,2-3H2,1H3. The molecular weight excluding hydrogens is 271 g/mol. The number of benzene rings is 1. The molecular formula is C11H13FN4O4. The lowest BCUT2D eigenvalue weighted by Gasteiger charge is -2.19. The molecule has 0 radical (unpaired) electrons. The first-order valence-electron chi connectivity index (χ1n) is 5.70. The van der Waals surface area contributed by atoms with Crippen LogP contribution in [0.3, 0.4) is 0 Å². The van der Waals surface area contributed by atoms with Crippen LogP contribution in [0, 0.1) is 22.9 Å². The van der Waals surface area contributed by atoms with E-state index in [1.165, 1.54) is 6.92 Å². The van der Waals surface area contributed by atoms with E-state index in [0.717, 1.165) is 12.1 Å². The Labute approximate surface area is 113 Å². The number of halogens is 1. The average Bonchev–Trinajstić information content (AvgIpc) is 2.40. The lowest BCUT2D eigenvalue weighted by molar-refractivity contribution is -0.385. The molecule has 2 N–H and O–H groups in total. The third kappa shape index (κ3) is 3.64. The van der Waals surface area contributed by atoms with Crippen molar-refractivity contribution in [2.45, 2.75) is 25.6 Å². The number of azide groups is 1. The van der Waals surface area contributed by atoms with Crippen molar-refractivity contribution in [1.82, 2.24) is 0 Å². The van der Waals surface area contributed by atoms with Gasteiger partial charge in [0.05, 0.1) is 17.1 Å². The van der Waals surface area contributed by atoms with E-state index in [9.17, 15) is 24.7 Å². The van der Waals surface area contributed by atoms with Crippen LogP contribution in [0.15, 0.2) is 17.2 Å². The maximum Gasteiger partial charge on any atom is 0.275 e. The van der Waals surface area contributed by atoms with Crippen molar-refractivity contribution in [3.63, 3.8) is 0 Å². The molecule has 0 aliphatic carbocycles. The Bertz CT molecular complexity index is 560. The first-order valence-corrected chi connectivity index (χ1v) is 5.70. The van der Waals surface area contributed by atoms with E-state index in [1.54, 1.807) is 0 Å². The second-order valence-electron chi connectivity index (χ2n) is 4.15. The van der Waals surface area contributed by atoms with Gasteiger partial charge < -0.3 is 10.2 Å². The summed E-state index contributed by atoms with van der Waals surface area (Å²) in [7, 11) is 0. The fraction of sp³-hybridized carbons (Fsp3) is 0.455. The summed E-state index contributed by atoms with van der Waals surface area (Å²) >= 11 is 0. The Balaban J connectivity index is 3.05. The first kappa shape index (κ1) is 15.8. The normalized spacial score (nSPS) is 13.4. The van der Waals surface area contributed by atoms with E-state index >= 15 is 0 Å². The highest BCUT2D eigenvalue weighted by Gasteiger charge is 2.25. The van der Waals surface area contributed by atoms with Crippen LogP contribution >= 0.6 is 0 Å². The van der Waals surface area contributed by atoms with Gasteiger partial charge in [-0.25, -0.2) is 4.39 Å². The van der Waals surface area contributed by atoms with Gasteiger partial charge in [-0.3, -0.25) is 10.1 Å². The first-order chi connectivity index (χ1) is 9.38. The van der Waals surface area contributed by atoms with Gasteiger partial charge in [0, 0.05) is 17.0 Å². The fourth-order valence-corrected chi connectivity index (χ4v) is 1.78. The molecule has 1 rings (SSSR count). The number of hydrogen-bond donors (Lipinski definition) is 2. The van der Waals surface area contributed by atoms with Gasteiger partial charge in [-0.05, 0) is 30.5 Å². The van der Waals surface area contributed by atoms with Gasteiger partial charge in [0.25, 0.3) is 5.69 Å². The van der Waals surface area contributed by atoms with Crippen LogP contribution in [0.2, 0.25) is 0 Å². The van der Waals surface area contributed by atoms with Crippen molar-refractivity contribution >= 4 is 5.69 Å². The molecule has 0 aromatic heterocycles. The number of rotatable bonds is 6. The molecule has 0 saturated heterocycles. The lowest BCUT2D eigenvalue weighted by atomic mass is 9.96. The molecule has 8 nitrogen and oxygen atoms in total. The van der Waals surface area contributed by atoms with Crippen LogP contribution in [0.4, 0.5) is 10.1 Å². The van der Waals surface area contributed by atoms with E-state index < -0.39 is 28.6 Å². The number of hydrogen-bond acceptors (Lipinski definition) is 5. The molecule has 1 aromatic rings. The highest BCUT2D eigenvalue weighted by Crippen LogP contribution is 2.30. The van der Waals surface area contributed by atoms with Crippen molar-refractivity contribution in [3.8, 4) is 0 Å².